The molecule has 2 aliphatic rings. The van der Waals surface area contributed by atoms with Crippen molar-refractivity contribution in [2.75, 3.05) is 6.54 Å². The molecule has 1 amide bonds. The van der Waals surface area contributed by atoms with Crippen molar-refractivity contribution in [3.8, 4) is 11.5 Å². The summed E-state index contributed by atoms with van der Waals surface area (Å²) in [7, 11) is 0. The summed E-state index contributed by atoms with van der Waals surface area (Å²) in [5.74, 6) is 0.847. The van der Waals surface area contributed by atoms with Crippen LogP contribution >= 0.6 is 0 Å². The zero-order valence-corrected chi connectivity index (χ0v) is 15.6. The number of amides is 1. The Morgan fingerprint density at radius 2 is 1.96 bits per heavy atom. The Bertz CT molecular complexity index is 775. The van der Waals surface area contributed by atoms with Gasteiger partial charge in [-0.05, 0) is 38.3 Å². The highest BCUT2D eigenvalue weighted by atomic mass is 16.3. The number of aryl methyl sites for hydroxylation is 1. The van der Waals surface area contributed by atoms with Gasteiger partial charge in [0.2, 0.25) is 11.8 Å². The summed E-state index contributed by atoms with van der Waals surface area (Å²) in [5.41, 5.74) is 2.56. The lowest BCUT2D eigenvalue weighted by atomic mass is 9.81. The average molecular weight is 353 g/mol. The fraction of sp³-hybridized carbons (Fsp3) is 0.524. The largest absolute Gasteiger partial charge is 0.444 e. The van der Waals surface area contributed by atoms with Gasteiger partial charge < -0.3 is 9.32 Å². The third-order valence-corrected chi connectivity index (χ3v) is 5.67. The highest BCUT2D eigenvalue weighted by Crippen LogP contribution is 2.40. The van der Waals surface area contributed by atoms with Gasteiger partial charge in [0.05, 0.1) is 5.54 Å². The van der Waals surface area contributed by atoms with Crippen molar-refractivity contribution in [1.82, 2.24) is 15.2 Å². The molecule has 1 N–H and O–H groups in total. The van der Waals surface area contributed by atoms with Gasteiger partial charge in [-0.1, -0.05) is 43.9 Å². The summed E-state index contributed by atoms with van der Waals surface area (Å²) >= 11 is 0. The quantitative estimate of drug-likeness (QED) is 0.895. The Kier molecular flexibility index (Phi) is 4.57. The maximum atomic E-state index is 13.2. The summed E-state index contributed by atoms with van der Waals surface area (Å²) in [4.78, 5) is 19.8. The van der Waals surface area contributed by atoms with Crippen LogP contribution in [0.1, 0.15) is 62.9 Å². The summed E-state index contributed by atoms with van der Waals surface area (Å²) in [5, 5.41) is 3.64. The van der Waals surface area contributed by atoms with E-state index in [1.807, 2.05) is 17.0 Å². The van der Waals surface area contributed by atoms with E-state index >= 15 is 0 Å². The molecule has 2 fully saturated rings. The van der Waals surface area contributed by atoms with Gasteiger partial charge in [0, 0.05) is 12.1 Å². The molecule has 1 saturated heterocycles. The molecule has 1 atom stereocenters. The highest BCUT2D eigenvalue weighted by molar-refractivity contribution is 5.89. The molecule has 1 unspecified atom stereocenters. The first-order valence-corrected chi connectivity index (χ1v) is 9.74. The van der Waals surface area contributed by atoms with Gasteiger partial charge in [-0.3, -0.25) is 10.1 Å². The minimum Gasteiger partial charge on any atom is -0.444 e. The number of rotatable bonds is 4. The topological polar surface area (TPSA) is 58.4 Å². The maximum absolute atomic E-state index is 13.2. The second-order valence-corrected chi connectivity index (χ2v) is 7.63. The Hall–Kier alpha value is -2.14. The molecule has 4 rings (SSSR count). The van der Waals surface area contributed by atoms with Crippen LogP contribution in [0.3, 0.4) is 0 Å². The molecule has 26 heavy (non-hydrogen) atoms. The molecule has 5 heteroatoms. The molecule has 2 heterocycles. The fourth-order valence-corrected chi connectivity index (χ4v) is 4.25. The molecule has 1 aromatic carbocycles. The Morgan fingerprint density at radius 3 is 2.65 bits per heavy atom. The summed E-state index contributed by atoms with van der Waals surface area (Å²) in [6.45, 7) is 4.91. The number of carbonyl (C=O) groups is 1. The van der Waals surface area contributed by atoms with Crippen molar-refractivity contribution in [2.24, 2.45) is 0 Å². The van der Waals surface area contributed by atoms with E-state index in [2.05, 4.69) is 31.3 Å². The van der Waals surface area contributed by atoms with E-state index in [4.69, 9.17) is 9.40 Å². The van der Waals surface area contributed by atoms with E-state index in [1.54, 1.807) is 6.26 Å². The lowest BCUT2D eigenvalue weighted by molar-refractivity contribution is -0.134. The van der Waals surface area contributed by atoms with Crippen LogP contribution in [-0.4, -0.2) is 27.9 Å². The van der Waals surface area contributed by atoms with Crippen molar-refractivity contribution < 1.29 is 9.21 Å². The number of aromatic nitrogens is 1. The van der Waals surface area contributed by atoms with Gasteiger partial charge in [-0.25, -0.2) is 4.98 Å². The van der Waals surface area contributed by atoms with Gasteiger partial charge in [0.1, 0.15) is 18.1 Å². The van der Waals surface area contributed by atoms with Crippen LogP contribution in [0.25, 0.3) is 11.5 Å². The van der Waals surface area contributed by atoms with Crippen LogP contribution in [0.5, 0.6) is 0 Å². The Labute approximate surface area is 154 Å². The van der Waals surface area contributed by atoms with Crippen LogP contribution in [0.15, 0.2) is 34.9 Å². The van der Waals surface area contributed by atoms with Crippen molar-refractivity contribution >= 4 is 5.91 Å². The number of hydrogen-bond donors (Lipinski definition) is 1. The maximum Gasteiger partial charge on any atom is 0.244 e. The highest BCUT2D eigenvalue weighted by Gasteiger charge is 2.52. The first kappa shape index (κ1) is 17.3. The Morgan fingerprint density at radius 1 is 1.23 bits per heavy atom. The molecule has 1 aliphatic carbocycles. The number of carbonyl (C=O) groups excluding carboxylic acids is 1. The van der Waals surface area contributed by atoms with Crippen molar-refractivity contribution in [3.05, 3.63) is 41.8 Å². The van der Waals surface area contributed by atoms with Crippen LogP contribution in [0, 0.1) is 6.92 Å². The zero-order valence-electron chi connectivity index (χ0n) is 15.6. The van der Waals surface area contributed by atoms with Crippen LogP contribution < -0.4 is 5.32 Å². The van der Waals surface area contributed by atoms with E-state index in [0.717, 1.165) is 49.9 Å². The van der Waals surface area contributed by atoms with Crippen LogP contribution in [0.4, 0.5) is 0 Å². The fourth-order valence-electron chi connectivity index (χ4n) is 4.25. The molecule has 138 valence electrons. The van der Waals surface area contributed by atoms with Gasteiger partial charge in [0.25, 0.3) is 0 Å². The van der Waals surface area contributed by atoms with Crippen LogP contribution in [0.2, 0.25) is 0 Å². The average Bonchev–Trinajstić information content (AvgIpc) is 3.23. The molecule has 1 aliphatic heterocycles. The predicted molar refractivity (Wildman–Crippen MR) is 100 cm³/mol. The number of benzene rings is 1. The molecular weight excluding hydrogens is 326 g/mol. The first-order valence-electron chi connectivity index (χ1n) is 9.74. The van der Waals surface area contributed by atoms with Gasteiger partial charge in [-0.2, -0.15) is 0 Å². The standard InChI is InChI=1S/C21H27N3O2/c1-3-13-24-18(23-21(20(24)25)11-5-4-6-12-21)17-14-26-19(22-17)16-9-7-15(2)8-10-16/h7-10,14,18,23H,3-6,11-13H2,1-2H3. The monoisotopic (exact) mass is 353 g/mol. The molecule has 0 radical (unpaired) electrons. The van der Waals surface area contributed by atoms with Gasteiger partial charge in [-0.15, -0.1) is 0 Å². The molecule has 0 bridgehead atoms. The number of hydrogen-bond acceptors (Lipinski definition) is 4. The Balaban J connectivity index is 1.63. The van der Waals surface area contributed by atoms with Crippen molar-refractivity contribution in [1.29, 1.82) is 0 Å². The number of oxazole rings is 1. The first-order chi connectivity index (χ1) is 12.6. The summed E-state index contributed by atoms with van der Waals surface area (Å²) in [6.07, 6.45) is 7.72. The second kappa shape index (κ2) is 6.88. The normalized spacial score (nSPS) is 22.3. The summed E-state index contributed by atoms with van der Waals surface area (Å²) in [6, 6.07) is 8.14. The van der Waals surface area contributed by atoms with E-state index in [0.29, 0.717) is 5.89 Å². The van der Waals surface area contributed by atoms with E-state index < -0.39 is 5.54 Å². The molecular formula is C21H27N3O2. The molecule has 2 aromatic rings. The molecule has 1 aromatic heterocycles. The molecule has 5 nitrogen and oxygen atoms in total. The predicted octanol–water partition coefficient (Wildman–Crippen LogP) is 4.19. The van der Waals surface area contributed by atoms with E-state index in [1.165, 1.54) is 12.0 Å². The van der Waals surface area contributed by atoms with Crippen molar-refractivity contribution in [3.63, 3.8) is 0 Å². The molecule has 1 spiro atoms. The third kappa shape index (κ3) is 2.94. The van der Waals surface area contributed by atoms with Gasteiger partial charge in [0.15, 0.2) is 0 Å². The second-order valence-electron chi connectivity index (χ2n) is 7.63. The third-order valence-electron chi connectivity index (χ3n) is 5.67. The smallest absolute Gasteiger partial charge is 0.244 e. The number of nitrogens with one attached hydrogen (secondary N) is 1. The van der Waals surface area contributed by atoms with Crippen LogP contribution in [-0.2, 0) is 4.79 Å². The molecule has 1 saturated carbocycles. The zero-order chi connectivity index (χ0) is 18.1. The van der Waals surface area contributed by atoms with E-state index in [9.17, 15) is 4.79 Å². The lowest BCUT2D eigenvalue weighted by Crippen LogP contribution is -2.48. The lowest BCUT2D eigenvalue weighted by Gasteiger charge is -2.31. The minimum atomic E-state index is -0.402. The van der Waals surface area contributed by atoms with Gasteiger partial charge >= 0.3 is 0 Å². The minimum absolute atomic E-state index is 0.191. The SMILES string of the molecule is CCCN1C(=O)C2(CCCCC2)NC1c1coc(-c2ccc(C)cc2)n1. The van der Waals surface area contributed by atoms with E-state index in [-0.39, 0.29) is 12.1 Å². The van der Waals surface area contributed by atoms with Crippen molar-refractivity contribution in [2.45, 2.75) is 64.1 Å². The number of nitrogens with zero attached hydrogens (tertiary/aromatic N) is 2. The summed E-state index contributed by atoms with van der Waals surface area (Å²) < 4.78 is 5.75.